The standard InChI is InChI=1S/C20H12Cl2N4O2/c21-13-5-6-14(16(22)11-13)19(27)24-17-4-2-1-3-15(17)20-25-18(26-28-20)12-7-9-23-10-8-12/h1-11H,(H,24,27). The first-order chi connectivity index (χ1) is 13.6. The maximum Gasteiger partial charge on any atom is 0.260 e. The average molecular weight is 411 g/mol. The van der Waals surface area contributed by atoms with Gasteiger partial charge in [0.05, 0.1) is 21.8 Å². The molecular weight excluding hydrogens is 399 g/mol. The first-order valence-corrected chi connectivity index (χ1v) is 8.97. The quantitative estimate of drug-likeness (QED) is 0.489. The summed E-state index contributed by atoms with van der Waals surface area (Å²) >= 11 is 12.0. The Morgan fingerprint density at radius 1 is 1.00 bits per heavy atom. The van der Waals surface area contributed by atoms with Gasteiger partial charge in [-0.1, -0.05) is 40.5 Å². The number of anilines is 1. The fourth-order valence-corrected chi connectivity index (χ4v) is 3.09. The zero-order valence-electron chi connectivity index (χ0n) is 14.3. The second-order valence-electron chi connectivity index (χ2n) is 5.78. The van der Waals surface area contributed by atoms with E-state index in [0.717, 1.165) is 5.56 Å². The summed E-state index contributed by atoms with van der Waals surface area (Å²) in [5.41, 5.74) is 2.19. The first kappa shape index (κ1) is 18.2. The van der Waals surface area contributed by atoms with Crippen molar-refractivity contribution in [2.45, 2.75) is 0 Å². The van der Waals surface area contributed by atoms with Gasteiger partial charge in [-0.2, -0.15) is 4.98 Å². The minimum atomic E-state index is -0.372. The molecule has 0 spiro atoms. The van der Waals surface area contributed by atoms with Gasteiger partial charge in [-0.05, 0) is 42.5 Å². The summed E-state index contributed by atoms with van der Waals surface area (Å²) in [6.07, 6.45) is 3.30. The van der Waals surface area contributed by atoms with Crippen molar-refractivity contribution in [3.05, 3.63) is 82.6 Å². The van der Waals surface area contributed by atoms with Gasteiger partial charge < -0.3 is 9.84 Å². The summed E-state index contributed by atoms with van der Waals surface area (Å²) in [7, 11) is 0. The zero-order valence-corrected chi connectivity index (χ0v) is 15.8. The molecule has 0 atom stereocenters. The van der Waals surface area contributed by atoms with Gasteiger partial charge in [0.25, 0.3) is 11.8 Å². The Morgan fingerprint density at radius 2 is 1.79 bits per heavy atom. The van der Waals surface area contributed by atoms with Crippen molar-refractivity contribution in [1.29, 1.82) is 0 Å². The summed E-state index contributed by atoms with van der Waals surface area (Å²) in [6.45, 7) is 0. The second-order valence-corrected chi connectivity index (χ2v) is 6.63. The van der Waals surface area contributed by atoms with E-state index in [2.05, 4.69) is 20.4 Å². The molecule has 0 aliphatic heterocycles. The Labute approximate surface area is 170 Å². The van der Waals surface area contributed by atoms with Gasteiger partial charge in [-0.3, -0.25) is 9.78 Å². The largest absolute Gasteiger partial charge is 0.334 e. The highest BCUT2D eigenvalue weighted by atomic mass is 35.5. The summed E-state index contributed by atoms with van der Waals surface area (Å²) in [6, 6.07) is 15.4. The van der Waals surface area contributed by atoms with Crippen molar-refractivity contribution in [3.8, 4) is 22.8 Å². The summed E-state index contributed by atoms with van der Waals surface area (Å²) in [5.74, 6) is 0.340. The highest BCUT2D eigenvalue weighted by molar-refractivity contribution is 6.37. The van der Waals surface area contributed by atoms with Gasteiger partial charge in [0.1, 0.15) is 0 Å². The van der Waals surface area contributed by atoms with Crippen LogP contribution in [0.2, 0.25) is 10.0 Å². The number of aromatic nitrogens is 3. The van der Waals surface area contributed by atoms with Crippen molar-refractivity contribution >= 4 is 34.8 Å². The number of benzene rings is 2. The van der Waals surface area contributed by atoms with E-state index < -0.39 is 0 Å². The highest BCUT2D eigenvalue weighted by Gasteiger charge is 2.17. The van der Waals surface area contributed by atoms with Gasteiger partial charge in [-0.15, -0.1) is 0 Å². The lowest BCUT2D eigenvalue weighted by atomic mass is 10.1. The van der Waals surface area contributed by atoms with E-state index in [9.17, 15) is 4.79 Å². The van der Waals surface area contributed by atoms with Crippen LogP contribution in [0.25, 0.3) is 22.8 Å². The van der Waals surface area contributed by atoms with E-state index in [1.807, 2.05) is 6.07 Å². The van der Waals surface area contributed by atoms with Crippen LogP contribution in [0.4, 0.5) is 5.69 Å². The number of rotatable bonds is 4. The SMILES string of the molecule is O=C(Nc1ccccc1-c1nc(-c2ccncc2)no1)c1ccc(Cl)cc1Cl. The van der Waals surface area contributed by atoms with Crippen molar-refractivity contribution in [3.63, 3.8) is 0 Å². The van der Waals surface area contributed by atoms with Crippen LogP contribution >= 0.6 is 23.2 Å². The number of nitrogens with one attached hydrogen (secondary N) is 1. The molecule has 0 unspecified atom stereocenters. The topological polar surface area (TPSA) is 80.9 Å². The molecule has 2 aromatic carbocycles. The zero-order chi connectivity index (χ0) is 19.5. The average Bonchev–Trinajstić information content (AvgIpc) is 3.19. The third-order valence-corrected chi connectivity index (χ3v) is 4.49. The van der Waals surface area contributed by atoms with Crippen LogP contribution in [0, 0.1) is 0 Å². The molecule has 0 saturated heterocycles. The van der Waals surface area contributed by atoms with Crippen LogP contribution in [0.1, 0.15) is 10.4 Å². The molecule has 8 heteroatoms. The lowest BCUT2D eigenvalue weighted by molar-refractivity contribution is 0.102. The van der Waals surface area contributed by atoms with Crippen LogP contribution in [0.3, 0.4) is 0 Å². The molecule has 4 aromatic rings. The summed E-state index contributed by atoms with van der Waals surface area (Å²) in [4.78, 5) is 21.0. The van der Waals surface area contributed by atoms with Crippen molar-refractivity contribution in [2.24, 2.45) is 0 Å². The molecule has 1 N–H and O–H groups in total. The Kier molecular flexibility index (Phi) is 5.06. The lowest BCUT2D eigenvalue weighted by Crippen LogP contribution is -2.13. The molecule has 0 saturated carbocycles. The third kappa shape index (κ3) is 3.74. The van der Waals surface area contributed by atoms with Crippen molar-refractivity contribution in [1.82, 2.24) is 15.1 Å². The fraction of sp³-hybridized carbons (Fsp3) is 0. The Morgan fingerprint density at radius 3 is 2.57 bits per heavy atom. The second kappa shape index (κ2) is 7.80. The molecule has 0 aliphatic carbocycles. The molecular formula is C20H12Cl2N4O2. The Balaban J connectivity index is 1.64. The minimum absolute atomic E-state index is 0.264. The van der Waals surface area contributed by atoms with E-state index in [1.165, 1.54) is 6.07 Å². The smallest absolute Gasteiger partial charge is 0.260 e. The summed E-state index contributed by atoms with van der Waals surface area (Å²) in [5, 5.41) is 7.55. The number of amides is 1. The third-order valence-electron chi connectivity index (χ3n) is 3.95. The van der Waals surface area contributed by atoms with E-state index in [4.69, 9.17) is 27.7 Å². The van der Waals surface area contributed by atoms with Crippen LogP contribution in [-0.2, 0) is 0 Å². The van der Waals surface area contributed by atoms with Gasteiger partial charge >= 0.3 is 0 Å². The fourth-order valence-electron chi connectivity index (χ4n) is 2.59. The van der Waals surface area contributed by atoms with Crippen molar-refractivity contribution in [2.75, 3.05) is 5.32 Å². The predicted octanol–water partition coefficient (Wildman–Crippen LogP) is 5.36. The van der Waals surface area contributed by atoms with Gasteiger partial charge in [0, 0.05) is 23.0 Å². The number of carbonyl (C=O) groups is 1. The van der Waals surface area contributed by atoms with Crippen LogP contribution in [0.5, 0.6) is 0 Å². The molecule has 2 heterocycles. The number of hydrogen-bond donors (Lipinski definition) is 1. The van der Waals surface area contributed by atoms with Gasteiger partial charge in [-0.25, -0.2) is 0 Å². The van der Waals surface area contributed by atoms with E-state index >= 15 is 0 Å². The molecule has 0 fully saturated rings. The number of halogens is 2. The van der Waals surface area contributed by atoms with Gasteiger partial charge in [0.2, 0.25) is 5.82 Å². The highest BCUT2D eigenvalue weighted by Crippen LogP contribution is 2.29. The first-order valence-electron chi connectivity index (χ1n) is 8.22. The predicted molar refractivity (Wildman–Crippen MR) is 107 cm³/mol. The monoisotopic (exact) mass is 410 g/mol. The Hall–Kier alpha value is -3.22. The normalized spacial score (nSPS) is 10.6. The van der Waals surface area contributed by atoms with E-state index in [0.29, 0.717) is 27.7 Å². The minimum Gasteiger partial charge on any atom is -0.334 e. The number of pyridine rings is 1. The molecule has 28 heavy (non-hydrogen) atoms. The number of nitrogens with zero attached hydrogens (tertiary/aromatic N) is 3. The molecule has 0 bridgehead atoms. The molecule has 0 radical (unpaired) electrons. The van der Waals surface area contributed by atoms with Crippen LogP contribution in [-0.4, -0.2) is 21.0 Å². The summed E-state index contributed by atoms with van der Waals surface area (Å²) < 4.78 is 5.40. The lowest BCUT2D eigenvalue weighted by Gasteiger charge is -2.09. The molecule has 138 valence electrons. The number of hydrogen-bond acceptors (Lipinski definition) is 5. The molecule has 2 aromatic heterocycles. The van der Waals surface area contributed by atoms with Crippen LogP contribution in [0.15, 0.2) is 71.5 Å². The molecule has 0 aliphatic rings. The maximum absolute atomic E-state index is 12.6. The molecule has 6 nitrogen and oxygen atoms in total. The van der Waals surface area contributed by atoms with Crippen molar-refractivity contribution < 1.29 is 9.32 Å². The van der Waals surface area contributed by atoms with E-state index in [-0.39, 0.29) is 16.8 Å². The van der Waals surface area contributed by atoms with E-state index in [1.54, 1.807) is 54.9 Å². The Bertz CT molecular complexity index is 1150. The molecule has 1 amide bonds. The number of carbonyl (C=O) groups excluding carboxylic acids is 1. The van der Waals surface area contributed by atoms with Gasteiger partial charge in [0.15, 0.2) is 0 Å². The maximum atomic E-state index is 12.6. The van der Waals surface area contributed by atoms with Crippen LogP contribution < -0.4 is 5.32 Å². The molecule has 4 rings (SSSR count). The number of para-hydroxylation sites is 1.